The minimum Gasteiger partial charge on any atom is -0.478 e. The number of carbonyl (C=O) groups excluding carboxylic acids is 1. The smallest absolute Gasteiger partial charge is 0.338 e. The highest BCUT2D eigenvalue weighted by molar-refractivity contribution is 6.04. The third-order valence-electron chi connectivity index (χ3n) is 2.53. The fraction of sp³-hybridized carbons (Fsp3) is 0.0769. The first-order chi connectivity index (χ1) is 9.58. The Balaban J connectivity index is 2.16. The van der Waals surface area contributed by atoms with Crippen molar-refractivity contribution in [3.63, 3.8) is 0 Å². The first-order valence-electron chi connectivity index (χ1n) is 5.76. The molecule has 2 rings (SSSR count). The second kappa shape index (κ2) is 5.79. The topological polar surface area (TPSA) is 104 Å². The number of aromatic carboxylic acids is 1. The minimum absolute atomic E-state index is 0.0524. The molecule has 20 heavy (non-hydrogen) atoms. The maximum Gasteiger partial charge on any atom is 0.338 e. The molecule has 0 spiro atoms. The van der Waals surface area contributed by atoms with E-state index in [0.717, 1.165) is 0 Å². The average Bonchev–Trinajstić information content (AvgIpc) is 2.39. The lowest BCUT2D eigenvalue weighted by atomic mass is 10.1. The maximum absolute atomic E-state index is 11.8. The van der Waals surface area contributed by atoms with Crippen LogP contribution in [0.3, 0.4) is 0 Å². The normalized spacial score (nSPS) is 9.85. The number of aryl methyl sites for hydroxylation is 1. The molecular weight excluding hydrogens is 260 g/mol. The van der Waals surface area contributed by atoms with Crippen molar-refractivity contribution in [3.8, 4) is 0 Å². The molecule has 0 saturated heterocycles. The van der Waals surface area contributed by atoms with Crippen LogP contribution in [0.5, 0.6) is 0 Å². The number of carbonyl (C=O) groups is 2. The molecule has 0 unspecified atom stereocenters. The molecule has 0 radical (unpaired) electrons. The summed E-state index contributed by atoms with van der Waals surface area (Å²) in [6, 6.07) is 5.85. The highest BCUT2D eigenvalue weighted by Gasteiger charge is 2.15. The van der Waals surface area contributed by atoms with Crippen molar-refractivity contribution in [2.24, 2.45) is 0 Å². The molecule has 1 heterocycles. The van der Waals surface area contributed by atoms with Gasteiger partial charge in [0, 0.05) is 12.4 Å². The fourth-order valence-corrected chi connectivity index (χ4v) is 1.67. The highest BCUT2D eigenvalue weighted by atomic mass is 16.4. The summed E-state index contributed by atoms with van der Waals surface area (Å²) in [5.41, 5.74) is 0.828. The van der Waals surface area contributed by atoms with Gasteiger partial charge in [0.1, 0.15) is 0 Å². The number of benzene rings is 1. The van der Waals surface area contributed by atoms with Crippen LogP contribution in [0.2, 0.25) is 0 Å². The number of nitrogens with zero attached hydrogens (tertiary/aromatic N) is 2. The third kappa shape index (κ3) is 3.08. The van der Waals surface area contributed by atoms with Gasteiger partial charge in [-0.25, -0.2) is 19.6 Å². The summed E-state index contributed by atoms with van der Waals surface area (Å²) < 4.78 is 0. The van der Waals surface area contributed by atoms with E-state index in [4.69, 9.17) is 5.11 Å². The Hall–Kier alpha value is -2.96. The molecule has 102 valence electrons. The number of anilines is 2. The molecule has 7 nitrogen and oxygen atoms in total. The average molecular weight is 272 g/mol. The van der Waals surface area contributed by atoms with Gasteiger partial charge in [-0.15, -0.1) is 0 Å². The second-order valence-corrected chi connectivity index (χ2v) is 3.95. The van der Waals surface area contributed by atoms with E-state index in [1.54, 1.807) is 25.1 Å². The maximum atomic E-state index is 11.8. The molecule has 0 fully saturated rings. The quantitative estimate of drug-likeness (QED) is 0.793. The highest BCUT2D eigenvalue weighted by Crippen LogP contribution is 2.19. The van der Waals surface area contributed by atoms with Crippen molar-refractivity contribution in [3.05, 3.63) is 47.8 Å². The van der Waals surface area contributed by atoms with Gasteiger partial charge in [-0.1, -0.05) is 12.1 Å². The lowest BCUT2D eigenvalue weighted by molar-refractivity contribution is 0.0697. The van der Waals surface area contributed by atoms with E-state index in [-0.39, 0.29) is 17.2 Å². The molecule has 2 amide bonds. The van der Waals surface area contributed by atoms with Crippen molar-refractivity contribution >= 4 is 23.6 Å². The summed E-state index contributed by atoms with van der Waals surface area (Å²) in [7, 11) is 0. The number of carboxylic acids is 1. The van der Waals surface area contributed by atoms with Crippen LogP contribution < -0.4 is 10.6 Å². The van der Waals surface area contributed by atoms with Crippen molar-refractivity contribution in [1.82, 2.24) is 9.97 Å². The Morgan fingerprint density at radius 1 is 1.10 bits per heavy atom. The van der Waals surface area contributed by atoms with Gasteiger partial charge in [0.25, 0.3) is 0 Å². The predicted molar refractivity (Wildman–Crippen MR) is 72.8 cm³/mol. The lowest BCUT2D eigenvalue weighted by Gasteiger charge is -2.10. The van der Waals surface area contributed by atoms with Crippen LogP contribution in [0, 0.1) is 6.92 Å². The van der Waals surface area contributed by atoms with Gasteiger partial charge < -0.3 is 10.4 Å². The Morgan fingerprint density at radius 2 is 1.80 bits per heavy atom. The molecule has 0 bridgehead atoms. The molecule has 0 aliphatic heterocycles. The number of aromatic nitrogens is 2. The van der Waals surface area contributed by atoms with Crippen molar-refractivity contribution in [2.45, 2.75) is 6.92 Å². The molecule has 2 aromatic rings. The van der Waals surface area contributed by atoms with Gasteiger partial charge >= 0.3 is 12.0 Å². The van der Waals surface area contributed by atoms with Crippen LogP contribution in [0.1, 0.15) is 15.9 Å². The van der Waals surface area contributed by atoms with Crippen LogP contribution in [-0.4, -0.2) is 27.1 Å². The van der Waals surface area contributed by atoms with E-state index in [1.165, 1.54) is 18.5 Å². The van der Waals surface area contributed by atoms with Crippen LogP contribution in [0.4, 0.5) is 16.4 Å². The molecule has 0 aliphatic carbocycles. The molecule has 3 N–H and O–H groups in total. The minimum atomic E-state index is -1.10. The van der Waals surface area contributed by atoms with E-state index in [2.05, 4.69) is 20.6 Å². The Kier molecular flexibility index (Phi) is 3.90. The molecule has 1 aromatic carbocycles. The fourth-order valence-electron chi connectivity index (χ4n) is 1.67. The summed E-state index contributed by atoms with van der Waals surface area (Å²) in [4.78, 5) is 30.6. The van der Waals surface area contributed by atoms with Gasteiger partial charge in [0.05, 0.1) is 11.3 Å². The number of hydrogen-bond acceptors (Lipinski definition) is 4. The van der Waals surface area contributed by atoms with Gasteiger partial charge in [-0.05, 0) is 24.6 Å². The van der Waals surface area contributed by atoms with Crippen LogP contribution in [-0.2, 0) is 0 Å². The first kappa shape index (κ1) is 13.5. The number of rotatable bonds is 3. The molecule has 0 atom stereocenters. The van der Waals surface area contributed by atoms with E-state index in [0.29, 0.717) is 5.56 Å². The summed E-state index contributed by atoms with van der Waals surface area (Å²) >= 11 is 0. The van der Waals surface area contributed by atoms with E-state index in [1.807, 2.05) is 0 Å². The Bertz CT molecular complexity index is 643. The number of hydrogen-bond donors (Lipinski definition) is 3. The summed E-state index contributed by atoms with van der Waals surface area (Å²) in [6.07, 6.45) is 2.97. The van der Waals surface area contributed by atoms with E-state index >= 15 is 0 Å². The van der Waals surface area contributed by atoms with E-state index in [9.17, 15) is 9.59 Å². The molecule has 0 saturated carbocycles. The molecule has 7 heteroatoms. The predicted octanol–water partition coefficient (Wildman–Crippen LogP) is 2.13. The lowest BCUT2D eigenvalue weighted by Crippen LogP contribution is -2.22. The van der Waals surface area contributed by atoms with Crippen molar-refractivity contribution in [1.29, 1.82) is 0 Å². The van der Waals surface area contributed by atoms with Crippen LogP contribution in [0.25, 0.3) is 0 Å². The zero-order chi connectivity index (χ0) is 14.5. The standard InChI is InChI=1S/C13H12N4O3/c1-8-4-2-5-9(10(8)11(18)19)16-13(20)17-12-14-6-3-7-15-12/h2-7H,1H3,(H,18,19)(H2,14,15,16,17,20). The molecular formula is C13H12N4O3. The van der Waals surface area contributed by atoms with Gasteiger partial charge in [0.15, 0.2) is 0 Å². The number of amides is 2. The largest absolute Gasteiger partial charge is 0.478 e. The summed E-state index contributed by atoms with van der Waals surface area (Å²) in [5, 5.41) is 14.0. The number of carboxylic acid groups (broad SMARTS) is 1. The summed E-state index contributed by atoms with van der Waals surface area (Å²) in [6.45, 7) is 1.66. The zero-order valence-electron chi connectivity index (χ0n) is 10.6. The third-order valence-corrected chi connectivity index (χ3v) is 2.53. The first-order valence-corrected chi connectivity index (χ1v) is 5.76. The molecule has 1 aromatic heterocycles. The second-order valence-electron chi connectivity index (χ2n) is 3.95. The van der Waals surface area contributed by atoms with Gasteiger partial charge in [0.2, 0.25) is 5.95 Å². The number of urea groups is 1. The van der Waals surface area contributed by atoms with Gasteiger partial charge in [-0.2, -0.15) is 0 Å². The van der Waals surface area contributed by atoms with Crippen molar-refractivity contribution < 1.29 is 14.7 Å². The molecule has 0 aliphatic rings. The van der Waals surface area contributed by atoms with E-state index < -0.39 is 12.0 Å². The Morgan fingerprint density at radius 3 is 2.45 bits per heavy atom. The van der Waals surface area contributed by atoms with Crippen molar-refractivity contribution in [2.75, 3.05) is 10.6 Å². The number of nitrogens with one attached hydrogen (secondary N) is 2. The Labute approximate surface area is 114 Å². The van der Waals surface area contributed by atoms with Crippen LogP contribution >= 0.6 is 0 Å². The SMILES string of the molecule is Cc1cccc(NC(=O)Nc2ncccn2)c1C(=O)O. The summed E-state index contributed by atoms with van der Waals surface area (Å²) in [5.74, 6) is -0.969. The van der Waals surface area contributed by atoms with Gasteiger partial charge in [-0.3, -0.25) is 5.32 Å². The van der Waals surface area contributed by atoms with Crippen LogP contribution in [0.15, 0.2) is 36.7 Å². The zero-order valence-corrected chi connectivity index (χ0v) is 10.6. The monoisotopic (exact) mass is 272 g/mol.